The molecule has 1 aromatic heterocycles. The molecule has 0 aliphatic rings. The van der Waals surface area contributed by atoms with Crippen LogP contribution in [0, 0.1) is 0 Å². The van der Waals surface area contributed by atoms with Crippen molar-refractivity contribution < 1.29 is 0 Å². The zero-order valence-electron chi connectivity index (χ0n) is 8.09. The van der Waals surface area contributed by atoms with E-state index in [2.05, 4.69) is 15.4 Å². The molecule has 0 saturated heterocycles. The van der Waals surface area contributed by atoms with Crippen molar-refractivity contribution in [3.8, 4) is 0 Å². The van der Waals surface area contributed by atoms with Gasteiger partial charge in [-0.05, 0) is 0 Å². The summed E-state index contributed by atoms with van der Waals surface area (Å²) in [5.41, 5.74) is 2.79. The van der Waals surface area contributed by atoms with Crippen molar-refractivity contribution in [2.24, 2.45) is 0 Å². The maximum absolute atomic E-state index is 11.1. The predicted octanol–water partition coefficient (Wildman–Crippen LogP) is 0.221. The Bertz CT molecular complexity index is 331. The van der Waals surface area contributed by atoms with E-state index in [1.54, 1.807) is 5.01 Å². The number of aryl methyl sites for hydroxylation is 1. The number of hydrazine groups is 1. The molecule has 72 valence electrons. The van der Waals surface area contributed by atoms with Gasteiger partial charge in [-0.15, -0.1) is 0 Å². The Labute approximate surface area is 76.8 Å². The molecule has 1 rings (SSSR count). The zero-order chi connectivity index (χ0) is 9.84. The smallest absolute Gasteiger partial charge is 0.253 e. The lowest BCUT2D eigenvalue weighted by Crippen LogP contribution is -2.23. The molecule has 0 atom stereocenters. The topological polar surface area (TPSA) is 61.0 Å². The third-order valence-electron chi connectivity index (χ3n) is 1.46. The van der Waals surface area contributed by atoms with Crippen molar-refractivity contribution in [1.29, 1.82) is 0 Å². The third kappa shape index (κ3) is 2.87. The van der Waals surface area contributed by atoms with E-state index < -0.39 is 0 Å². The molecule has 5 heteroatoms. The van der Waals surface area contributed by atoms with E-state index in [0.717, 1.165) is 6.42 Å². The number of nitrogens with one attached hydrogen (secondary N) is 2. The van der Waals surface area contributed by atoms with Gasteiger partial charge in [0.15, 0.2) is 0 Å². The van der Waals surface area contributed by atoms with Crippen LogP contribution in [0.25, 0.3) is 0 Å². The van der Waals surface area contributed by atoms with Gasteiger partial charge in [0, 0.05) is 26.6 Å². The first-order valence-corrected chi connectivity index (χ1v) is 4.16. The first-order chi connectivity index (χ1) is 6.11. The molecule has 0 saturated carbocycles. The van der Waals surface area contributed by atoms with Crippen molar-refractivity contribution >= 4 is 5.82 Å². The molecule has 5 nitrogen and oxygen atoms in total. The van der Waals surface area contributed by atoms with Crippen LogP contribution in [-0.4, -0.2) is 29.1 Å². The number of anilines is 1. The van der Waals surface area contributed by atoms with Crippen LogP contribution in [0.15, 0.2) is 10.9 Å². The van der Waals surface area contributed by atoms with E-state index in [4.69, 9.17) is 0 Å². The number of nitrogens with zero attached hydrogens (tertiary/aromatic N) is 2. The van der Waals surface area contributed by atoms with Gasteiger partial charge < -0.3 is 10.4 Å². The Kier molecular flexibility index (Phi) is 3.02. The monoisotopic (exact) mass is 182 g/mol. The van der Waals surface area contributed by atoms with E-state index in [-0.39, 0.29) is 5.56 Å². The Morgan fingerprint density at radius 1 is 1.62 bits per heavy atom. The number of hydrogen-bond donors (Lipinski definition) is 2. The first kappa shape index (κ1) is 9.73. The lowest BCUT2D eigenvalue weighted by Gasteiger charge is -2.12. The Morgan fingerprint density at radius 2 is 2.31 bits per heavy atom. The van der Waals surface area contributed by atoms with Gasteiger partial charge >= 0.3 is 0 Å². The van der Waals surface area contributed by atoms with Crippen molar-refractivity contribution in [2.75, 3.05) is 19.5 Å². The van der Waals surface area contributed by atoms with Crippen LogP contribution in [0.3, 0.4) is 0 Å². The maximum atomic E-state index is 11.1. The molecule has 0 spiro atoms. The molecular weight excluding hydrogens is 168 g/mol. The second-order valence-corrected chi connectivity index (χ2v) is 2.94. The first-order valence-electron chi connectivity index (χ1n) is 4.16. The predicted molar refractivity (Wildman–Crippen MR) is 51.5 cm³/mol. The Hall–Kier alpha value is -1.36. The van der Waals surface area contributed by atoms with E-state index in [9.17, 15) is 4.79 Å². The van der Waals surface area contributed by atoms with Crippen LogP contribution in [-0.2, 0) is 6.42 Å². The summed E-state index contributed by atoms with van der Waals surface area (Å²) in [6, 6.07) is 1.43. The van der Waals surface area contributed by atoms with Crippen LogP contribution >= 0.6 is 0 Å². The fourth-order valence-electron chi connectivity index (χ4n) is 0.962. The normalized spacial score (nSPS) is 10.5. The molecular formula is C8H14N4O. The summed E-state index contributed by atoms with van der Waals surface area (Å²) in [6.45, 7) is 1.94. The molecule has 0 amide bonds. The van der Waals surface area contributed by atoms with Crippen LogP contribution in [0.4, 0.5) is 5.82 Å². The molecule has 1 aromatic rings. The Morgan fingerprint density at radius 3 is 2.85 bits per heavy atom. The molecule has 0 bridgehead atoms. The average molecular weight is 182 g/mol. The minimum absolute atomic E-state index is 0.129. The van der Waals surface area contributed by atoms with Gasteiger partial charge in [-0.3, -0.25) is 4.79 Å². The summed E-state index contributed by atoms with van der Waals surface area (Å²) in [6.07, 6.45) is 0.720. The van der Waals surface area contributed by atoms with E-state index in [1.165, 1.54) is 6.07 Å². The van der Waals surface area contributed by atoms with Crippen molar-refractivity contribution in [3.05, 3.63) is 22.2 Å². The van der Waals surface area contributed by atoms with Gasteiger partial charge in [0.25, 0.3) is 5.56 Å². The quantitative estimate of drug-likeness (QED) is 0.656. The summed E-state index contributed by atoms with van der Waals surface area (Å²) in [5.74, 6) is 1.27. The molecule has 2 N–H and O–H groups in total. The highest BCUT2D eigenvalue weighted by Crippen LogP contribution is 1.98. The van der Waals surface area contributed by atoms with Gasteiger partial charge in [0.2, 0.25) is 0 Å². The largest absolute Gasteiger partial charge is 0.310 e. The fraction of sp³-hybridized carbons (Fsp3) is 0.500. The summed E-state index contributed by atoms with van der Waals surface area (Å²) in [7, 11) is 3.68. The number of rotatable bonds is 3. The van der Waals surface area contributed by atoms with Crippen LogP contribution in [0.2, 0.25) is 0 Å². The molecule has 0 aromatic carbocycles. The third-order valence-corrected chi connectivity index (χ3v) is 1.46. The Balaban J connectivity index is 2.95. The highest BCUT2D eigenvalue weighted by atomic mass is 16.1. The van der Waals surface area contributed by atoms with Gasteiger partial charge in [0.1, 0.15) is 11.6 Å². The lowest BCUT2D eigenvalue weighted by atomic mass is 10.4. The van der Waals surface area contributed by atoms with Gasteiger partial charge in [0.05, 0.1) is 0 Å². The molecule has 0 unspecified atom stereocenters. The van der Waals surface area contributed by atoms with E-state index in [0.29, 0.717) is 11.6 Å². The van der Waals surface area contributed by atoms with Crippen molar-refractivity contribution in [1.82, 2.24) is 15.0 Å². The second-order valence-electron chi connectivity index (χ2n) is 2.94. The SMILES string of the molecule is CCc1nc(NN(C)C)cc(=O)[nH]1. The highest BCUT2D eigenvalue weighted by molar-refractivity contribution is 5.31. The molecule has 13 heavy (non-hydrogen) atoms. The molecule has 0 aliphatic heterocycles. The van der Waals surface area contributed by atoms with Gasteiger partial charge in [-0.25, -0.2) is 9.99 Å². The summed E-state index contributed by atoms with van der Waals surface area (Å²) < 4.78 is 0. The fourth-order valence-corrected chi connectivity index (χ4v) is 0.962. The number of aromatic nitrogens is 2. The van der Waals surface area contributed by atoms with Gasteiger partial charge in [-0.2, -0.15) is 0 Å². The van der Waals surface area contributed by atoms with Crippen LogP contribution in [0.1, 0.15) is 12.7 Å². The number of H-pyrrole nitrogens is 1. The standard InChI is InChI=1S/C8H14N4O/c1-4-6-9-7(11-12(2)3)5-8(13)10-6/h5H,4H2,1-3H3,(H2,9,10,11,13). The lowest BCUT2D eigenvalue weighted by molar-refractivity contribution is 0.491. The van der Waals surface area contributed by atoms with Crippen LogP contribution in [0.5, 0.6) is 0 Å². The number of aromatic amines is 1. The highest BCUT2D eigenvalue weighted by Gasteiger charge is 1.99. The minimum atomic E-state index is -0.129. The van der Waals surface area contributed by atoms with Crippen LogP contribution < -0.4 is 11.0 Å². The van der Waals surface area contributed by atoms with Crippen molar-refractivity contribution in [2.45, 2.75) is 13.3 Å². The molecule has 0 fully saturated rings. The molecule has 0 aliphatic carbocycles. The summed E-state index contributed by atoms with van der Waals surface area (Å²) in [5, 5.41) is 1.74. The summed E-state index contributed by atoms with van der Waals surface area (Å²) in [4.78, 5) is 17.9. The molecule has 1 heterocycles. The minimum Gasteiger partial charge on any atom is -0.310 e. The van der Waals surface area contributed by atoms with E-state index in [1.807, 2.05) is 21.0 Å². The molecule has 0 radical (unpaired) electrons. The second kappa shape index (κ2) is 4.04. The average Bonchev–Trinajstić information content (AvgIpc) is 2.01. The number of hydrogen-bond acceptors (Lipinski definition) is 4. The van der Waals surface area contributed by atoms with E-state index >= 15 is 0 Å². The maximum Gasteiger partial charge on any atom is 0.253 e. The van der Waals surface area contributed by atoms with Gasteiger partial charge in [-0.1, -0.05) is 6.92 Å². The zero-order valence-corrected chi connectivity index (χ0v) is 8.09. The van der Waals surface area contributed by atoms with Crippen molar-refractivity contribution in [3.63, 3.8) is 0 Å². The summed E-state index contributed by atoms with van der Waals surface area (Å²) >= 11 is 0.